The van der Waals surface area contributed by atoms with Crippen LogP contribution in [0.3, 0.4) is 0 Å². The predicted octanol–water partition coefficient (Wildman–Crippen LogP) is -0.779. The van der Waals surface area contributed by atoms with Crippen LogP contribution in [0.4, 0.5) is 0 Å². The summed E-state index contributed by atoms with van der Waals surface area (Å²) in [7, 11) is -3.85. The van der Waals surface area contributed by atoms with Crippen molar-refractivity contribution in [3.8, 4) is 0 Å². The fourth-order valence-electron chi connectivity index (χ4n) is 1.76. The van der Waals surface area contributed by atoms with E-state index >= 15 is 0 Å². The van der Waals surface area contributed by atoms with Crippen LogP contribution in [0, 0.1) is 5.92 Å². The van der Waals surface area contributed by atoms with E-state index in [0.717, 1.165) is 0 Å². The summed E-state index contributed by atoms with van der Waals surface area (Å²) in [5, 5.41) is 10.4. The van der Waals surface area contributed by atoms with E-state index in [1.54, 1.807) is 19.9 Å². The molecule has 0 radical (unpaired) electrons. The Morgan fingerprint density at radius 2 is 2.00 bits per heavy atom. The van der Waals surface area contributed by atoms with Crippen molar-refractivity contribution in [2.45, 2.75) is 24.5 Å². The quantitative estimate of drug-likeness (QED) is 0.688. The van der Waals surface area contributed by atoms with Gasteiger partial charge in [-0.05, 0) is 17.5 Å². The van der Waals surface area contributed by atoms with Crippen LogP contribution in [0.15, 0.2) is 23.1 Å². The first kappa shape index (κ1) is 15.4. The summed E-state index contributed by atoms with van der Waals surface area (Å²) < 4.78 is 27.1. The molecule has 0 saturated heterocycles. The fraction of sp³-hybridized carbons (Fsp3) is 0.400. The largest absolute Gasteiger partial charge is 1.00 e. The maximum atomic E-state index is 11.8. The minimum Gasteiger partial charge on any atom is -0.512 e. The zero-order valence-electron chi connectivity index (χ0n) is 9.81. The Hall–Kier alpha value is 0.380. The average Bonchev–Trinajstić information content (AvgIpc) is 2.36. The maximum Gasteiger partial charge on any atom is 1.00 e. The van der Waals surface area contributed by atoms with Gasteiger partial charge in [0.15, 0.2) is 0 Å². The molecule has 88 valence electrons. The van der Waals surface area contributed by atoms with Crippen LogP contribution in [0.5, 0.6) is 0 Å². The average molecular weight is 284 g/mol. The molecule has 0 aliphatic carbocycles. The minimum absolute atomic E-state index is 0. The second-order valence-corrected chi connectivity index (χ2v) is 6.01. The molecule has 0 bridgehead atoms. The molecule has 0 saturated carbocycles. The van der Waals surface area contributed by atoms with Crippen molar-refractivity contribution in [1.82, 2.24) is 0 Å². The topological polar surface area (TPSA) is 68.5 Å². The normalized spacial score (nSPS) is 25.5. The summed E-state index contributed by atoms with van der Waals surface area (Å²) in [5.41, 5.74) is -1.44. The fourth-order valence-corrected chi connectivity index (χ4v) is 3.80. The molecule has 7 heteroatoms. The van der Waals surface area contributed by atoms with Gasteiger partial charge in [-0.3, -0.25) is 0 Å². The molecule has 1 aromatic carbocycles. The van der Waals surface area contributed by atoms with Crippen LogP contribution in [0.1, 0.15) is 19.4 Å². The SMILES string of the molecule is CC(C)C1(O)[N-]S(=O)(=O)c2c(Cl)cccc21.[Na+]. The Kier molecular flexibility index (Phi) is 4.37. The van der Waals surface area contributed by atoms with E-state index in [0.29, 0.717) is 0 Å². The molecular formula is C10H11ClNNaO3S. The number of benzene rings is 1. The van der Waals surface area contributed by atoms with Crippen molar-refractivity contribution in [3.63, 3.8) is 0 Å². The molecule has 0 amide bonds. The molecule has 1 aliphatic rings. The van der Waals surface area contributed by atoms with Gasteiger partial charge in [0.1, 0.15) is 10.0 Å². The van der Waals surface area contributed by atoms with Gasteiger partial charge in [0.2, 0.25) is 0 Å². The Morgan fingerprint density at radius 3 is 2.53 bits per heavy atom. The van der Waals surface area contributed by atoms with Crippen molar-refractivity contribution >= 4 is 21.6 Å². The number of fused-ring (bicyclic) bond motifs is 1. The molecule has 17 heavy (non-hydrogen) atoms. The first-order chi connectivity index (χ1) is 7.29. The molecule has 1 unspecified atom stereocenters. The monoisotopic (exact) mass is 283 g/mol. The summed E-state index contributed by atoms with van der Waals surface area (Å²) >= 11 is 5.84. The number of nitrogens with zero attached hydrogens (tertiary/aromatic N) is 1. The van der Waals surface area contributed by atoms with E-state index in [4.69, 9.17) is 11.6 Å². The van der Waals surface area contributed by atoms with Gasteiger partial charge < -0.3 is 9.83 Å². The predicted molar refractivity (Wildman–Crippen MR) is 60.7 cm³/mol. The van der Waals surface area contributed by atoms with Gasteiger partial charge in [-0.25, -0.2) is 8.42 Å². The Balaban J connectivity index is 0.00000144. The molecule has 0 spiro atoms. The molecule has 1 N–H and O–H groups in total. The van der Waals surface area contributed by atoms with Crippen LogP contribution in [0.2, 0.25) is 5.02 Å². The van der Waals surface area contributed by atoms with Crippen molar-refractivity contribution in [1.29, 1.82) is 0 Å². The van der Waals surface area contributed by atoms with Gasteiger partial charge in [-0.1, -0.05) is 37.6 Å². The summed E-state index contributed by atoms with van der Waals surface area (Å²) in [6.07, 6.45) is 0. The zero-order chi connectivity index (χ0) is 12.1. The van der Waals surface area contributed by atoms with Gasteiger partial charge in [-0.2, -0.15) is 0 Å². The van der Waals surface area contributed by atoms with E-state index in [1.165, 1.54) is 12.1 Å². The van der Waals surface area contributed by atoms with Gasteiger partial charge >= 0.3 is 29.6 Å². The Morgan fingerprint density at radius 1 is 1.41 bits per heavy atom. The third kappa shape index (κ3) is 2.30. The Labute approximate surface area is 128 Å². The first-order valence-electron chi connectivity index (χ1n) is 4.79. The van der Waals surface area contributed by atoms with Crippen LogP contribution < -0.4 is 29.6 Å². The summed E-state index contributed by atoms with van der Waals surface area (Å²) in [4.78, 5) is -0.0760. The third-order valence-corrected chi connectivity index (χ3v) is 4.59. The molecule has 2 rings (SSSR count). The third-order valence-electron chi connectivity index (χ3n) is 2.69. The van der Waals surface area contributed by atoms with Crippen LogP contribution in [-0.4, -0.2) is 13.5 Å². The minimum atomic E-state index is -3.85. The van der Waals surface area contributed by atoms with Crippen molar-refractivity contribution in [3.05, 3.63) is 33.5 Å². The molecular weight excluding hydrogens is 273 g/mol. The van der Waals surface area contributed by atoms with Crippen LogP contribution >= 0.6 is 11.6 Å². The molecule has 1 atom stereocenters. The molecule has 1 aromatic rings. The van der Waals surface area contributed by atoms with Gasteiger partial charge in [0, 0.05) is 5.72 Å². The molecule has 1 heterocycles. The number of sulfonamides is 1. The smallest absolute Gasteiger partial charge is 0.512 e. The van der Waals surface area contributed by atoms with Crippen molar-refractivity contribution < 1.29 is 43.1 Å². The van der Waals surface area contributed by atoms with E-state index < -0.39 is 15.7 Å². The van der Waals surface area contributed by atoms with Gasteiger partial charge in [0.05, 0.1) is 9.92 Å². The number of halogens is 1. The van der Waals surface area contributed by atoms with Crippen molar-refractivity contribution in [2.24, 2.45) is 5.92 Å². The second kappa shape index (κ2) is 4.81. The number of hydrogen-bond acceptors (Lipinski definition) is 3. The number of rotatable bonds is 1. The van der Waals surface area contributed by atoms with Gasteiger partial charge in [-0.15, -0.1) is 0 Å². The summed E-state index contributed by atoms with van der Waals surface area (Å²) in [6.45, 7) is 3.41. The molecule has 1 aliphatic heterocycles. The zero-order valence-corrected chi connectivity index (χ0v) is 13.4. The van der Waals surface area contributed by atoms with E-state index in [-0.39, 0.29) is 51.0 Å². The van der Waals surface area contributed by atoms with E-state index in [9.17, 15) is 13.5 Å². The second-order valence-electron chi connectivity index (χ2n) is 4.06. The first-order valence-corrected chi connectivity index (χ1v) is 6.61. The standard InChI is InChI=1S/C10H11ClNO3S.Na/c1-6(2)10(13)7-4-3-5-8(11)9(7)16(14,15)12-10;/h3-6,13H,1-2H3;/q-1;+1. The number of aliphatic hydroxyl groups is 1. The van der Waals surface area contributed by atoms with E-state index in [1.807, 2.05) is 0 Å². The van der Waals surface area contributed by atoms with Crippen molar-refractivity contribution in [2.75, 3.05) is 0 Å². The van der Waals surface area contributed by atoms with Crippen LogP contribution in [0.25, 0.3) is 4.72 Å². The number of hydrogen-bond donors (Lipinski definition) is 1. The molecule has 0 aromatic heterocycles. The Bertz CT molecular complexity index is 546. The molecule has 4 nitrogen and oxygen atoms in total. The molecule has 0 fully saturated rings. The summed E-state index contributed by atoms with van der Waals surface area (Å²) in [6, 6.07) is 4.61. The van der Waals surface area contributed by atoms with Gasteiger partial charge in [0.25, 0.3) is 0 Å². The summed E-state index contributed by atoms with van der Waals surface area (Å²) in [5.74, 6) is -0.345. The van der Waals surface area contributed by atoms with E-state index in [2.05, 4.69) is 4.72 Å². The maximum absolute atomic E-state index is 11.8. The van der Waals surface area contributed by atoms with Crippen LogP contribution in [-0.2, 0) is 15.7 Å².